The van der Waals surface area contributed by atoms with E-state index < -0.39 is 29.7 Å². The van der Waals surface area contributed by atoms with Crippen molar-refractivity contribution in [1.29, 1.82) is 0 Å². The zero-order chi connectivity index (χ0) is 24.0. The van der Waals surface area contributed by atoms with Crippen molar-refractivity contribution in [2.75, 3.05) is 13.1 Å². The molecule has 2 unspecified atom stereocenters. The van der Waals surface area contributed by atoms with Gasteiger partial charge >= 0.3 is 0 Å². The van der Waals surface area contributed by atoms with E-state index >= 15 is 0 Å². The SMILES string of the molecule is CC(C)C.CCC.NC(=O)C(=O)C(CC1CC1)NC(=O)C1CCCN1C(=O)CNC=O. The molecule has 1 saturated heterocycles. The Morgan fingerprint density at radius 3 is 2.10 bits per heavy atom. The number of likely N-dealkylation sites (tertiary alicyclic amines) is 1. The molecule has 0 spiro atoms. The van der Waals surface area contributed by atoms with E-state index in [1.807, 2.05) is 0 Å². The summed E-state index contributed by atoms with van der Waals surface area (Å²) in [5, 5.41) is 4.85. The number of nitrogens with zero attached hydrogens (tertiary/aromatic N) is 1. The molecule has 2 fully saturated rings. The van der Waals surface area contributed by atoms with Gasteiger partial charge in [-0.15, -0.1) is 0 Å². The van der Waals surface area contributed by atoms with E-state index in [2.05, 4.69) is 45.3 Å². The lowest BCUT2D eigenvalue weighted by molar-refractivity contribution is -0.141. The first-order valence-corrected chi connectivity index (χ1v) is 11.2. The number of hydrogen-bond acceptors (Lipinski definition) is 5. The average Bonchev–Trinajstić information content (AvgIpc) is 3.36. The van der Waals surface area contributed by atoms with Crippen LogP contribution in [0.3, 0.4) is 0 Å². The molecule has 4 amide bonds. The topological polar surface area (TPSA) is 139 Å². The zero-order valence-corrected chi connectivity index (χ0v) is 19.6. The highest BCUT2D eigenvalue weighted by atomic mass is 16.2. The number of carbonyl (C=O) groups excluding carboxylic acids is 5. The molecule has 0 bridgehead atoms. The van der Waals surface area contributed by atoms with Crippen LogP contribution in [0.15, 0.2) is 0 Å². The van der Waals surface area contributed by atoms with Gasteiger partial charge in [-0.1, -0.05) is 53.9 Å². The zero-order valence-electron chi connectivity index (χ0n) is 19.6. The molecule has 9 nitrogen and oxygen atoms in total. The third kappa shape index (κ3) is 12.1. The molecule has 4 N–H and O–H groups in total. The van der Waals surface area contributed by atoms with Crippen LogP contribution in [0.2, 0.25) is 0 Å². The van der Waals surface area contributed by atoms with Gasteiger partial charge < -0.3 is 21.3 Å². The average molecular weight is 441 g/mol. The summed E-state index contributed by atoms with van der Waals surface area (Å²) >= 11 is 0. The summed E-state index contributed by atoms with van der Waals surface area (Å²) in [5.74, 6) is -1.56. The fourth-order valence-electron chi connectivity index (χ4n) is 2.93. The van der Waals surface area contributed by atoms with E-state index in [0.29, 0.717) is 38.1 Å². The van der Waals surface area contributed by atoms with Crippen molar-refractivity contribution in [3.8, 4) is 0 Å². The molecule has 2 rings (SSSR count). The van der Waals surface area contributed by atoms with Gasteiger partial charge in [0.15, 0.2) is 0 Å². The van der Waals surface area contributed by atoms with Crippen molar-refractivity contribution in [3.63, 3.8) is 0 Å². The number of nitrogens with two attached hydrogens (primary N) is 1. The van der Waals surface area contributed by atoms with Crippen LogP contribution < -0.4 is 16.4 Å². The van der Waals surface area contributed by atoms with Crippen LogP contribution in [0.5, 0.6) is 0 Å². The first-order chi connectivity index (χ1) is 14.6. The summed E-state index contributed by atoms with van der Waals surface area (Å²) in [5.41, 5.74) is 5.05. The van der Waals surface area contributed by atoms with Crippen molar-refractivity contribution in [2.45, 2.75) is 85.2 Å². The lowest BCUT2D eigenvalue weighted by Crippen LogP contribution is -2.53. The first-order valence-electron chi connectivity index (χ1n) is 11.2. The molecule has 0 aromatic heterocycles. The smallest absolute Gasteiger partial charge is 0.287 e. The molecule has 178 valence electrons. The van der Waals surface area contributed by atoms with Gasteiger partial charge in [0.2, 0.25) is 24.0 Å². The minimum atomic E-state index is -1.07. The molecule has 31 heavy (non-hydrogen) atoms. The van der Waals surface area contributed by atoms with Gasteiger partial charge in [0, 0.05) is 6.54 Å². The molecule has 1 saturated carbocycles. The number of rotatable bonds is 9. The monoisotopic (exact) mass is 440 g/mol. The number of primary amides is 1. The van der Waals surface area contributed by atoms with E-state index in [0.717, 1.165) is 18.8 Å². The summed E-state index contributed by atoms with van der Waals surface area (Å²) in [6, 6.07) is -1.64. The van der Waals surface area contributed by atoms with Crippen molar-refractivity contribution in [3.05, 3.63) is 0 Å². The van der Waals surface area contributed by atoms with Crippen molar-refractivity contribution in [2.24, 2.45) is 17.6 Å². The number of ketones is 1. The highest BCUT2D eigenvalue weighted by molar-refractivity contribution is 6.37. The van der Waals surface area contributed by atoms with Crippen LogP contribution in [0.1, 0.15) is 73.1 Å². The number of carbonyl (C=O) groups is 5. The van der Waals surface area contributed by atoms with E-state index in [1.54, 1.807) is 0 Å². The van der Waals surface area contributed by atoms with Crippen LogP contribution in [0.4, 0.5) is 0 Å². The molecule has 1 heterocycles. The molecule has 9 heteroatoms. The Morgan fingerprint density at radius 1 is 1.10 bits per heavy atom. The quantitative estimate of drug-likeness (QED) is 0.364. The molecular weight excluding hydrogens is 400 g/mol. The van der Waals surface area contributed by atoms with Crippen LogP contribution in [-0.2, 0) is 24.0 Å². The van der Waals surface area contributed by atoms with Gasteiger partial charge in [-0.25, -0.2) is 0 Å². The second kappa shape index (κ2) is 15.4. The number of hydrogen-bond donors (Lipinski definition) is 3. The summed E-state index contributed by atoms with van der Waals surface area (Å²) in [6.45, 7) is 11.0. The standard InChI is InChI=1S/C15H22N4O5.C4H10.C3H8/c16-14(23)13(22)10(6-9-3-4-9)18-15(24)11-2-1-5-19(11)12(21)7-17-8-20;1-4(2)3;1-3-2/h8-11H,1-7H2,(H2,16,23)(H,17,20)(H,18,24);4H,1-3H3;3H2,1-2H3. The fourth-order valence-corrected chi connectivity index (χ4v) is 2.93. The predicted octanol–water partition coefficient (Wildman–Crippen LogP) is 1.14. The van der Waals surface area contributed by atoms with Crippen LogP contribution in [-0.4, -0.2) is 60.0 Å². The Hall–Kier alpha value is -2.45. The third-order valence-electron chi connectivity index (χ3n) is 4.35. The Kier molecular flexibility index (Phi) is 14.2. The lowest BCUT2D eigenvalue weighted by atomic mass is 10.0. The van der Waals surface area contributed by atoms with Gasteiger partial charge in [0.05, 0.1) is 12.6 Å². The Morgan fingerprint density at radius 2 is 1.65 bits per heavy atom. The predicted molar refractivity (Wildman–Crippen MR) is 119 cm³/mol. The molecule has 0 radical (unpaired) electrons. The van der Waals surface area contributed by atoms with E-state index in [1.165, 1.54) is 11.3 Å². The molecule has 1 aliphatic heterocycles. The molecule has 0 aromatic carbocycles. The Balaban J connectivity index is 0.00000113. The fraction of sp³-hybridized carbons (Fsp3) is 0.773. The second-order valence-corrected chi connectivity index (χ2v) is 8.65. The maximum Gasteiger partial charge on any atom is 0.287 e. The van der Waals surface area contributed by atoms with Crippen molar-refractivity contribution >= 4 is 29.9 Å². The summed E-state index contributed by atoms with van der Waals surface area (Å²) in [4.78, 5) is 59.2. The summed E-state index contributed by atoms with van der Waals surface area (Å²) in [6.07, 6.45) is 5.11. The molecule has 0 aromatic rings. The van der Waals surface area contributed by atoms with Crippen LogP contribution >= 0.6 is 0 Å². The van der Waals surface area contributed by atoms with Crippen molar-refractivity contribution < 1.29 is 24.0 Å². The maximum absolute atomic E-state index is 12.5. The van der Waals surface area contributed by atoms with E-state index in [4.69, 9.17) is 5.73 Å². The molecular formula is C22H40N4O5. The minimum Gasteiger partial charge on any atom is -0.363 e. The highest BCUT2D eigenvalue weighted by Crippen LogP contribution is 2.33. The van der Waals surface area contributed by atoms with Gasteiger partial charge in [0.25, 0.3) is 5.91 Å². The number of nitrogens with one attached hydrogen (secondary N) is 2. The Labute approximate surface area is 185 Å². The van der Waals surface area contributed by atoms with Crippen LogP contribution in [0.25, 0.3) is 0 Å². The molecule has 2 aliphatic rings. The van der Waals surface area contributed by atoms with E-state index in [-0.39, 0.29) is 12.5 Å². The highest BCUT2D eigenvalue weighted by Gasteiger charge is 2.38. The number of amides is 4. The number of Topliss-reactive ketones (excluding diaryl/α,β-unsaturated/α-hetero) is 1. The van der Waals surface area contributed by atoms with Gasteiger partial charge in [-0.2, -0.15) is 0 Å². The Bertz CT molecular complexity index is 602. The van der Waals surface area contributed by atoms with Crippen LogP contribution in [0, 0.1) is 11.8 Å². The lowest BCUT2D eigenvalue weighted by Gasteiger charge is -2.26. The third-order valence-corrected chi connectivity index (χ3v) is 4.35. The van der Waals surface area contributed by atoms with Crippen molar-refractivity contribution in [1.82, 2.24) is 15.5 Å². The maximum atomic E-state index is 12.5. The minimum absolute atomic E-state index is 0.182. The second-order valence-electron chi connectivity index (χ2n) is 8.65. The van der Waals surface area contributed by atoms with Gasteiger partial charge in [-0.05, 0) is 31.1 Å². The summed E-state index contributed by atoms with van der Waals surface area (Å²) < 4.78 is 0. The first kappa shape index (κ1) is 28.5. The van der Waals surface area contributed by atoms with Gasteiger partial charge in [-0.3, -0.25) is 24.0 Å². The van der Waals surface area contributed by atoms with E-state index in [9.17, 15) is 24.0 Å². The van der Waals surface area contributed by atoms with Gasteiger partial charge in [0.1, 0.15) is 6.04 Å². The largest absolute Gasteiger partial charge is 0.363 e. The summed E-state index contributed by atoms with van der Waals surface area (Å²) in [7, 11) is 0. The normalized spacial score (nSPS) is 18.0. The molecule has 1 aliphatic carbocycles. The molecule has 2 atom stereocenters.